The zero-order chi connectivity index (χ0) is 16.8. The van der Waals surface area contributed by atoms with Crippen LogP contribution in [0.3, 0.4) is 0 Å². The molecular weight excluding hydrogens is 312 g/mol. The predicted molar refractivity (Wildman–Crippen MR) is 96.6 cm³/mol. The summed E-state index contributed by atoms with van der Waals surface area (Å²) in [4.78, 5) is 18.4. The molecule has 1 amide bonds. The topological polar surface area (TPSA) is 45.3 Å². The summed E-state index contributed by atoms with van der Waals surface area (Å²) >= 11 is 0. The van der Waals surface area contributed by atoms with Gasteiger partial charge in [-0.3, -0.25) is 4.79 Å². The zero-order valence-corrected chi connectivity index (χ0v) is 13.9. The molecule has 3 heterocycles. The molecule has 2 unspecified atom stereocenters. The molecule has 2 aliphatic heterocycles. The number of nitrogens with one attached hydrogen (secondary N) is 1. The van der Waals surface area contributed by atoms with E-state index in [4.69, 9.17) is 4.74 Å². The maximum Gasteiger partial charge on any atom is 0.255 e. The number of amides is 1. The average molecular weight is 332 g/mol. The lowest BCUT2D eigenvalue weighted by molar-refractivity contribution is 0.0500. The van der Waals surface area contributed by atoms with E-state index in [1.807, 2.05) is 41.4 Å². The van der Waals surface area contributed by atoms with Crippen molar-refractivity contribution in [2.24, 2.45) is 0 Å². The summed E-state index contributed by atoms with van der Waals surface area (Å²) in [6.07, 6.45) is 4.30. The number of carbonyl (C=O) groups is 1. The van der Waals surface area contributed by atoms with Crippen molar-refractivity contribution >= 4 is 16.8 Å². The van der Waals surface area contributed by atoms with Crippen LogP contribution in [0.25, 0.3) is 10.9 Å². The van der Waals surface area contributed by atoms with Crippen molar-refractivity contribution in [2.75, 3.05) is 13.2 Å². The Hall–Kier alpha value is -2.59. The van der Waals surface area contributed by atoms with Crippen molar-refractivity contribution < 1.29 is 9.53 Å². The van der Waals surface area contributed by atoms with Crippen molar-refractivity contribution in [3.8, 4) is 0 Å². The minimum atomic E-state index is -0.0518. The van der Waals surface area contributed by atoms with E-state index < -0.39 is 0 Å². The third-order valence-electron chi connectivity index (χ3n) is 5.40. The number of fused-ring (bicyclic) bond motifs is 2. The van der Waals surface area contributed by atoms with Gasteiger partial charge < -0.3 is 14.6 Å². The molecule has 0 radical (unpaired) electrons. The van der Waals surface area contributed by atoms with E-state index >= 15 is 0 Å². The Bertz CT molecular complexity index is 940. The monoisotopic (exact) mass is 332 g/mol. The molecule has 1 saturated heterocycles. The first-order valence-corrected chi connectivity index (χ1v) is 8.90. The Labute approximate surface area is 146 Å². The molecule has 4 heteroatoms. The van der Waals surface area contributed by atoms with Crippen LogP contribution in [-0.2, 0) is 4.74 Å². The number of carbonyl (C=O) groups excluding carboxylic acids is 1. The molecule has 2 atom stereocenters. The van der Waals surface area contributed by atoms with Gasteiger partial charge in [-0.2, -0.15) is 0 Å². The van der Waals surface area contributed by atoms with Crippen LogP contribution in [0, 0.1) is 0 Å². The Kier molecular flexibility index (Phi) is 3.38. The first kappa shape index (κ1) is 14.7. The van der Waals surface area contributed by atoms with Crippen LogP contribution in [0.5, 0.6) is 0 Å². The normalized spacial score (nSPS) is 22.7. The van der Waals surface area contributed by atoms with E-state index in [-0.39, 0.29) is 18.1 Å². The second-order valence-corrected chi connectivity index (χ2v) is 6.87. The second kappa shape index (κ2) is 5.74. The predicted octanol–water partition coefficient (Wildman–Crippen LogP) is 3.89. The van der Waals surface area contributed by atoms with Gasteiger partial charge in [-0.25, -0.2) is 0 Å². The molecule has 4 nitrogen and oxygen atoms in total. The van der Waals surface area contributed by atoms with Gasteiger partial charge in [0, 0.05) is 41.4 Å². The Morgan fingerprint density at radius 3 is 2.80 bits per heavy atom. The second-order valence-electron chi connectivity index (χ2n) is 6.87. The maximum atomic E-state index is 13.1. The summed E-state index contributed by atoms with van der Waals surface area (Å²) in [5.74, 6) is 0.112. The molecule has 0 bridgehead atoms. The summed E-state index contributed by atoms with van der Waals surface area (Å²) in [5.41, 5.74) is 4.17. The summed E-state index contributed by atoms with van der Waals surface area (Å²) < 4.78 is 5.81. The summed E-state index contributed by atoms with van der Waals surface area (Å²) in [6, 6.07) is 16.2. The molecule has 1 fully saturated rings. The number of H-pyrrole nitrogens is 1. The van der Waals surface area contributed by atoms with Gasteiger partial charge in [0.1, 0.15) is 0 Å². The largest absolute Gasteiger partial charge is 0.376 e. The summed E-state index contributed by atoms with van der Waals surface area (Å²) in [5, 5.41) is 1.18. The number of nitrogens with zero attached hydrogens (tertiary/aromatic N) is 1. The number of benzene rings is 2. The number of hydrogen-bond acceptors (Lipinski definition) is 2. The van der Waals surface area contributed by atoms with Gasteiger partial charge in [-0.15, -0.1) is 0 Å². The van der Waals surface area contributed by atoms with Crippen LogP contribution >= 0.6 is 0 Å². The van der Waals surface area contributed by atoms with Crippen LogP contribution in [0.4, 0.5) is 0 Å². The quantitative estimate of drug-likeness (QED) is 0.791. The zero-order valence-electron chi connectivity index (χ0n) is 13.9. The summed E-state index contributed by atoms with van der Waals surface area (Å²) in [7, 11) is 0. The molecule has 126 valence electrons. The molecule has 0 aliphatic carbocycles. The average Bonchev–Trinajstić information content (AvgIpc) is 3.36. The fourth-order valence-electron chi connectivity index (χ4n) is 4.22. The standard InChI is InChI=1S/C21H20N2O2/c24-21-17-9-2-1-8-16(17)20(23(21)13-14-6-5-11-25-14)18-12-22-19-10-4-3-7-15(18)19/h1-4,7-10,12,14,20,22H,5-6,11,13H2. The smallest absolute Gasteiger partial charge is 0.255 e. The van der Waals surface area contributed by atoms with Gasteiger partial charge in [-0.05, 0) is 30.5 Å². The molecule has 2 aromatic carbocycles. The van der Waals surface area contributed by atoms with Gasteiger partial charge in [-0.1, -0.05) is 36.4 Å². The number of hydrogen-bond donors (Lipinski definition) is 1. The van der Waals surface area contributed by atoms with Crippen LogP contribution in [0.1, 0.15) is 40.4 Å². The molecule has 2 aliphatic rings. The summed E-state index contributed by atoms with van der Waals surface area (Å²) in [6.45, 7) is 1.45. The van der Waals surface area contributed by atoms with Crippen LogP contribution in [-0.4, -0.2) is 35.0 Å². The van der Waals surface area contributed by atoms with Gasteiger partial charge in [0.2, 0.25) is 0 Å². The van der Waals surface area contributed by atoms with Gasteiger partial charge in [0.25, 0.3) is 5.91 Å². The van der Waals surface area contributed by atoms with E-state index in [1.165, 1.54) is 5.39 Å². The van der Waals surface area contributed by atoms with E-state index in [0.29, 0.717) is 6.54 Å². The SMILES string of the molecule is O=C1c2ccccc2C(c2c[nH]c3ccccc23)N1CC1CCCO1. The molecule has 0 saturated carbocycles. The lowest BCUT2D eigenvalue weighted by Gasteiger charge is -2.27. The van der Waals surface area contributed by atoms with Crippen LogP contribution in [0.2, 0.25) is 0 Å². The molecule has 1 aromatic heterocycles. The van der Waals surface area contributed by atoms with Crippen molar-refractivity contribution in [1.82, 2.24) is 9.88 Å². The van der Waals surface area contributed by atoms with Gasteiger partial charge in [0.05, 0.1) is 12.1 Å². The molecule has 1 N–H and O–H groups in total. The van der Waals surface area contributed by atoms with Crippen molar-refractivity contribution in [3.05, 3.63) is 71.4 Å². The molecular formula is C21H20N2O2. The first-order valence-electron chi connectivity index (χ1n) is 8.90. The minimum absolute atomic E-state index is 0.0518. The van der Waals surface area contributed by atoms with Gasteiger partial charge >= 0.3 is 0 Å². The van der Waals surface area contributed by atoms with Crippen LogP contribution in [0.15, 0.2) is 54.7 Å². The number of aromatic amines is 1. The highest BCUT2D eigenvalue weighted by Gasteiger charge is 2.39. The molecule has 3 aromatic rings. The maximum absolute atomic E-state index is 13.1. The van der Waals surface area contributed by atoms with Gasteiger partial charge in [0.15, 0.2) is 0 Å². The third-order valence-corrected chi connectivity index (χ3v) is 5.40. The molecule has 0 spiro atoms. The Morgan fingerprint density at radius 2 is 1.92 bits per heavy atom. The van der Waals surface area contributed by atoms with E-state index in [9.17, 15) is 4.79 Å². The highest BCUT2D eigenvalue weighted by Crippen LogP contribution is 2.41. The number of ether oxygens (including phenoxy) is 1. The van der Waals surface area contributed by atoms with Crippen molar-refractivity contribution in [2.45, 2.75) is 25.0 Å². The number of aromatic nitrogens is 1. The fraction of sp³-hybridized carbons (Fsp3) is 0.286. The van der Waals surface area contributed by atoms with Crippen LogP contribution < -0.4 is 0 Å². The molecule has 25 heavy (non-hydrogen) atoms. The third kappa shape index (κ3) is 2.29. The highest BCUT2D eigenvalue weighted by molar-refractivity contribution is 6.00. The van der Waals surface area contributed by atoms with E-state index in [2.05, 4.69) is 23.2 Å². The van der Waals surface area contributed by atoms with Crippen molar-refractivity contribution in [1.29, 1.82) is 0 Å². The number of rotatable bonds is 3. The lowest BCUT2D eigenvalue weighted by atomic mass is 9.97. The van der Waals surface area contributed by atoms with Crippen molar-refractivity contribution in [3.63, 3.8) is 0 Å². The Morgan fingerprint density at radius 1 is 1.08 bits per heavy atom. The highest BCUT2D eigenvalue weighted by atomic mass is 16.5. The fourth-order valence-corrected chi connectivity index (χ4v) is 4.22. The van der Waals surface area contributed by atoms with E-state index in [1.54, 1.807) is 0 Å². The molecule has 5 rings (SSSR count). The van der Waals surface area contributed by atoms with E-state index in [0.717, 1.165) is 41.7 Å². The number of para-hydroxylation sites is 1. The first-order chi connectivity index (χ1) is 12.3. The minimum Gasteiger partial charge on any atom is -0.376 e. The Balaban J connectivity index is 1.63. The lowest BCUT2D eigenvalue weighted by Crippen LogP contribution is -2.35.